The molecular formula is C17H23IN4OS. The van der Waals surface area contributed by atoms with Gasteiger partial charge in [0.25, 0.3) is 0 Å². The number of aromatic nitrogens is 1. The van der Waals surface area contributed by atoms with Crippen molar-refractivity contribution < 1.29 is 4.74 Å². The van der Waals surface area contributed by atoms with Gasteiger partial charge in [-0.2, -0.15) is 0 Å². The Hall–Kier alpha value is -1.35. The Bertz CT molecular complexity index is 689. The number of hydrogen-bond acceptors (Lipinski definition) is 4. The lowest BCUT2D eigenvalue weighted by atomic mass is 10.0. The van der Waals surface area contributed by atoms with Crippen LogP contribution >= 0.6 is 35.3 Å². The number of aryl methyl sites for hydroxylation is 1. The highest BCUT2D eigenvalue weighted by molar-refractivity contribution is 14.0. The van der Waals surface area contributed by atoms with E-state index in [1.807, 2.05) is 24.4 Å². The summed E-state index contributed by atoms with van der Waals surface area (Å²) in [5.74, 6) is 1.78. The summed E-state index contributed by atoms with van der Waals surface area (Å²) in [7, 11) is 1.80. The molecule has 0 amide bonds. The molecule has 1 aromatic heterocycles. The van der Waals surface area contributed by atoms with Crippen LogP contribution in [0.3, 0.4) is 0 Å². The van der Waals surface area contributed by atoms with E-state index in [0.717, 1.165) is 42.7 Å². The van der Waals surface area contributed by atoms with Crippen LogP contribution in [0.1, 0.15) is 27.9 Å². The normalized spacial score (nSPS) is 16.6. The largest absolute Gasteiger partial charge is 0.493 e. The summed E-state index contributed by atoms with van der Waals surface area (Å²) >= 11 is 1.75. The standard InChI is InChI=1S/C17H22N4OS.HI/c1-12-11-20-16(23-12)7-9-19-17(18-2)21-14-8-10-22-15-6-4-3-5-13(14)15;/h3-6,11,14H,7-10H2,1-2H3,(H2,18,19,21);1H. The number of benzene rings is 1. The molecule has 0 saturated heterocycles. The molecule has 1 atom stereocenters. The first-order chi connectivity index (χ1) is 11.3. The summed E-state index contributed by atoms with van der Waals surface area (Å²) in [6.07, 6.45) is 3.76. The maximum absolute atomic E-state index is 5.70. The second kappa shape index (κ2) is 9.22. The Morgan fingerprint density at radius 2 is 2.25 bits per heavy atom. The van der Waals surface area contributed by atoms with Crippen molar-refractivity contribution in [3.8, 4) is 5.75 Å². The van der Waals surface area contributed by atoms with Gasteiger partial charge in [-0.25, -0.2) is 4.98 Å². The van der Waals surface area contributed by atoms with Crippen LogP contribution in [0.2, 0.25) is 0 Å². The molecule has 0 spiro atoms. The highest BCUT2D eigenvalue weighted by atomic mass is 127. The van der Waals surface area contributed by atoms with Crippen molar-refractivity contribution in [3.05, 3.63) is 45.9 Å². The Labute approximate surface area is 164 Å². The molecule has 0 aliphatic carbocycles. The third kappa shape index (κ3) is 4.83. The molecule has 1 aliphatic heterocycles. The molecule has 130 valence electrons. The third-order valence-corrected chi connectivity index (χ3v) is 4.77. The number of fused-ring (bicyclic) bond motifs is 1. The van der Waals surface area contributed by atoms with Crippen molar-refractivity contribution in [3.63, 3.8) is 0 Å². The van der Waals surface area contributed by atoms with Crippen molar-refractivity contribution >= 4 is 41.3 Å². The highest BCUT2D eigenvalue weighted by Gasteiger charge is 2.21. The number of aliphatic imine (C=N–C) groups is 1. The summed E-state index contributed by atoms with van der Waals surface area (Å²) < 4.78 is 5.70. The fraction of sp³-hybridized carbons (Fsp3) is 0.412. The fourth-order valence-corrected chi connectivity index (χ4v) is 3.44. The molecule has 5 nitrogen and oxygen atoms in total. The molecular weight excluding hydrogens is 435 g/mol. The van der Waals surface area contributed by atoms with Gasteiger partial charge in [-0.15, -0.1) is 35.3 Å². The second-order valence-corrected chi connectivity index (χ2v) is 6.80. The SMILES string of the molecule is CN=C(NCCc1ncc(C)s1)NC1CCOc2ccccc21.I. The van der Waals surface area contributed by atoms with Crippen LogP contribution in [0.5, 0.6) is 5.75 Å². The minimum Gasteiger partial charge on any atom is -0.493 e. The maximum Gasteiger partial charge on any atom is 0.191 e. The number of nitrogens with one attached hydrogen (secondary N) is 2. The maximum atomic E-state index is 5.70. The molecule has 3 rings (SSSR count). The smallest absolute Gasteiger partial charge is 0.191 e. The van der Waals surface area contributed by atoms with E-state index in [1.54, 1.807) is 18.4 Å². The van der Waals surface area contributed by atoms with Crippen molar-refractivity contribution in [2.75, 3.05) is 20.2 Å². The minimum absolute atomic E-state index is 0. The van der Waals surface area contributed by atoms with Crippen LogP contribution in [0.4, 0.5) is 0 Å². The van der Waals surface area contributed by atoms with Gasteiger partial charge in [0.2, 0.25) is 0 Å². The van der Waals surface area contributed by atoms with E-state index in [1.165, 1.54) is 10.4 Å². The Morgan fingerprint density at radius 3 is 3.00 bits per heavy atom. The number of guanidine groups is 1. The molecule has 0 saturated carbocycles. The van der Waals surface area contributed by atoms with Crippen molar-refractivity contribution in [2.45, 2.75) is 25.8 Å². The zero-order chi connectivity index (χ0) is 16.1. The van der Waals surface area contributed by atoms with Crippen molar-refractivity contribution in [1.29, 1.82) is 0 Å². The van der Waals surface area contributed by atoms with Crippen LogP contribution in [-0.2, 0) is 6.42 Å². The topological polar surface area (TPSA) is 58.5 Å². The molecule has 2 heterocycles. The minimum atomic E-state index is 0. The number of thiazole rings is 1. The number of para-hydroxylation sites is 1. The van der Waals surface area contributed by atoms with Crippen LogP contribution in [0, 0.1) is 6.92 Å². The Kier molecular flexibility index (Phi) is 7.29. The lowest BCUT2D eigenvalue weighted by Gasteiger charge is -2.28. The zero-order valence-corrected chi connectivity index (χ0v) is 17.1. The van der Waals surface area contributed by atoms with Crippen molar-refractivity contribution in [2.24, 2.45) is 4.99 Å². The van der Waals surface area contributed by atoms with Gasteiger partial charge in [-0.1, -0.05) is 18.2 Å². The molecule has 7 heteroatoms. The van der Waals surface area contributed by atoms with E-state index in [2.05, 4.69) is 33.6 Å². The molecule has 0 radical (unpaired) electrons. The quantitative estimate of drug-likeness (QED) is 0.420. The Balaban J connectivity index is 0.00000208. The molecule has 2 N–H and O–H groups in total. The van der Waals surface area contributed by atoms with E-state index in [9.17, 15) is 0 Å². The first-order valence-corrected chi connectivity index (χ1v) is 8.68. The Morgan fingerprint density at radius 1 is 1.42 bits per heavy atom. The number of halogens is 1. The van der Waals surface area contributed by atoms with Gasteiger partial charge in [0.05, 0.1) is 17.7 Å². The van der Waals surface area contributed by atoms with Gasteiger partial charge < -0.3 is 15.4 Å². The predicted molar refractivity (Wildman–Crippen MR) is 110 cm³/mol. The van der Waals surface area contributed by atoms with Crippen LogP contribution < -0.4 is 15.4 Å². The van der Waals surface area contributed by atoms with Gasteiger partial charge in [0.1, 0.15) is 5.75 Å². The van der Waals surface area contributed by atoms with E-state index in [0.29, 0.717) is 0 Å². The van der Waals surface area contributed by atoms with Gasteiger partial charge in [-0.05, 0) is 13.0 Å². The first-order valence-electron chi connectivity index (χ1n) is 7.86. The summed E-state index contributed by atoms with van der Waals surface area (Å²) in [6.45, 7) is 3.62. The van der Waals surface area contributed by atoms with Gasteiger partial charge >= 0.3 is 0 Å². The average molecular weight is 458 g/mol. The molecule has 24 heavy (non-hydrogen) atoms. The second-order valence-electron chi connectivity index (χ2n) is 5.49. The number of ether oxygens (including phenoxy) is 1. The summed E-state index contributed by atoms with van der Waals surface area (Å²) in [5.41, 5.74) is 1.19. The van der Waals surface area contributed by atoms with Crippen LogP contribution in [-0.4, -0.2) is 31.1 Å². The van der Waals surface area contributed by atoms with Gasteiger partial charge in [0, 0.05) is 43.1 Å². The van der Waals surface area contributed by atoms with E-state index >= 15 is 0 Å². The lowest BCUT2D eigenvalue weighted by Crippen LogP contribution is -2.41. The molecule has 2 aromatic rings. The van der Waals surface area contributed by atoms with E-state index in [-0.39, 0.29) is 30.0 Å². The van der Waals surface area contributed by atoms with Gasteiger partial charge in [0.15, 0.2) is 5.96 Å². The third-order valence-electron chi connectivity index (χ3n) is 3.79. The molecule has 1 unspecified atom stereocenters. The predicted octanol–water partition coefficient (Wildman–Crippen LogP) is 3.30. The highest BCUT2D eigenvalue weighted by Crippen LogP contribution is 2.31. The number of hydrogen-bond donors (Lipinski definition) is 2. The molecule has 1 aromatic carbocycles. The van der Waals surface area contributed by atoms with Crippen LogP contribution in [0.25, 0.3) is 0 Å². The number of rotatable bonds is 4. The van der Waals surface area contributed by atoms with E-state index < -0.39 is 0 Å². The summed E-state index contributed by atoms with van der Waals surface area (Å²) in [6, 6.07) is 8.41. The van der Waals surface area contributed by atoms with Gasteiger partial charge in [-0.3, -0.25) is 4.99 Å². The lowest BCUT2D eigenvalue weighted by molar-refractivity contribution is 0.261. The molecule has 1 aliphatic rings. The summed E-state index contributed by atoms with van der Waals surface area (Å²) in [5, 5.41) is 8.02. The average Bonchev–Trinajstić information content (AvgIpc) is 2.99. The molecule has 0 bridgehead atoms. The fourth-order valence-electron chi connectivity index (χ4n) is 2.66. The summed E-state index contributed by atoms with van der Waals surface area (Å²) in [4.78, 5) is 9.96. The van der Waals surface area contributed by atoms with Crippen molar-refractivity contribution in [1.82, 2.24) is 15.6 Å². The number of nitrogens with zero attached hydrogens (tertiary/aromatic N) is 2. The van der Waals surface area contributed by atoms with E-state index in [4.69, 9.17) is 4.74 Å². The van der Waals surface area contributed by atoms with Crippen LogP contribution in [0.15, 0.2) is 35.5 Å². The molecule has 0 fully saturated rings. The first kappa shape index (κ1) is 19.0. The zero-order valence-electron chi connectivity index (χ0n) is 13.9. The monoisotopic (exact) mass is 458 g/mol.